The molecule has 2 heterocycles. The van der Waals surface area contributed by atoms with Gasteiger partial charge < -0.3 is 29.4 Å². The van der Waals surface area contributed by atoms with Gasteiger partial charge in [0.1, 0.15) is 19.0 Å². The van der Waals surface area contributed by atoms with Gasteiger partial charge in [-0.3, -0.25) is 9.59 Å². The summed E-state index contributed by atoms with van der Waals surface area (Å²) in [5, 5.41) is 15.3. The van der Waals surface area contributed by atoms with Crippen molar-refractivity contribution in [3.8, 4) is 17.2 Å². The van der Waals surface area contributed by atoms with Crippen LogP contribution in [0.4, 0.5) is 5.69 Å². The first-order valence-electron chi connectivity index (χ1n) is 12.1. The molecule has 0 saturated heterocycles. The maximum atomic E-state index is 12.9. The van der Waals surface area contributed by atoms with E-state index < -0.39 is 0 Å². The number of thioether (sulfide) groups is 1. The van der Waals surface area contributed by atoms with E-state index in [1.54, 1.807) is 49.6 Å². The minimum Gasteiger partial charge on any atom is -0.497 e. The van der Waals surface area contributed by atoms with Crippen molar-refractivity contribution in [1.29, 1.82) is 0 Å². The zero-order chi connectivity index (χ0) is 26.4. The number of ether oxygens (including phenoxy) is 3. The highest BCUT2D eigenvalue weighted by atomic mass is 32.2. The van der Waals surface area contributed by atoms with Crippen LogP contribution in [-0.4, -0.2) is 52.7 Å². The Labute approximate surface area is 220 Å². The van der Waals surface area contributed by atoms with Gasteiger partial charge in [0.05, 0.1) is 18.9 Å². The number of carbonyl (C=O) groups excluding carboxylic acids is 2. The zero-order valence-corrected chi connectivity index (χ0v) is 22.1. The Balaban J connectivity index is 1.41. The van der Waals surface area contributed by atoms with Crippen molar-refractivity contribution < 1.29 is 23.8 Å². The topological polar surface area (TPSA) is 117 Å². The average molecular weight is 526 g/mol. The highest BCUT2D eigenvalue weighted by Gasteiger charge is 2.26. The van der Waals surface area contributed by atoms with Gasteiger partial charge in [-0.2, -0.15) is 0 Å². The first kappa shape index (κ1) is 26.3. The minimum absolute atomic E-state index is 0.0630. The van der Waals surface area contributed by atoms with Crippen molar-refractivity contribution in [1.82, 2.24) is 20.1 Å². The molecule has 0 bridgehead atoms. The SMILES string of the molecule is CCn1c(SCC(=O)Nc2ccc3c(c2)OCCO3)nnc1C(NC(=O)c1ccc(OC)cc1)C(C)C. The second-order valence-corrected chi connectivity index (χ2v) is 9.65. The van der Waals surface area contributed by atoms with E-state index >= 15 is 0 Å². The van der Waals surface area contributed by atoms with Gasteiger partial charge >= 0.3 is 0 Å². The van der Waals surface area contributed by atoms with Gasteiger partial charge in [0, 0.05) is 23.9 Å². The number of benzene rings is 2. The van der Waals surface area contributed by atoms with Crippen LogP contribution in [0.15, 0.2) is 47.6 Å². The predicted octanol–water partition coefficient (Wildman–Crippen LogP) is 3.94. The molecule has 0 saturated carbocycles. The van der Waals surface area contributed by atoms with Crippen LogP contribution in [0, 0.1) is 5.92 Å². The van der Waals surface area contributed by atoms with Gasteiger partial charge in [0.2, 0.25) is 5.91 Å². The third-order valence-electron chi connectivity index (χ3n) is 5.80. The van der Waals surface area contributed by atoms with Crippen LogP contribution in [0.1, 0.15) is 43.0 Å². The van der Waals surface area contributed by atoms with E-state index in [1.807, 2.05) is 25.3 Å². The van der Waals surface area contributed by atoms with E-state index in [0.29, 0.717) is 59.2 Å². The largest absolute Gasteiger partial charge is 0.497 e. The van der Waals surface area contributed by atoms with E-state index in [2.05, 4.69) is 20.8 Å². The summed E-state index contributed by atoms with van der Waals surface area (Å²) >= 11 is 1.29. The maximum Gasteiger partial charge on any atom is 0.251 e. The number of amides is 2. The molecule has 0 spiro atoms. The molecule has 2 N–H and O–H groups in total. The standard InChI is InChI=1S/C26H31N5O5S/c1-5-31-24(23(16(2)3)28-25(33)17-6-9-19(34-4)10-7-17)29-30-26(31)37-15-22(32)27-18-8-11-20-21(14-18)36-13-12-35-20/h6-11,14,16,23H,5,12-13,15H2,1-4H3,(H,27,32)(H,28,33). The van der Waals surface area contributed by atoms with Crippen LogP contribution in [0.25, 0.3) is 0 Å². The van der Waals surface area contributed by atoms with Crippen LogP contribution in [-0.2, 0) is 11.3 Å². The van der Waals surface area contributed by atoms with Gasteiger partial charge in [-0.1, -0.05) is 25.6 Å². The average Bonchev–Trinajstić information content (AvgIpc) is 3.32. The summed E-state index contributed by atoms with van der Waals surface area (Å²) in [6, 6.07) is 11.9. The maximum absolute atomic E-state index is 12.9. The molecule has 0 aliphatic carbocycles. The molecule has 4 rings (SSSR count). The molecule has 0 fully saturated rings. The number of anilines is 1. The fourth-order valence-corrected chi connectivity index (χ4v) is 4.69. The van der Waals surface area contributed by atoms with Crippen LogP contribution < -0.4 is 24.8 Å². The normalized spacial score (nSPS) is 13.2. The summed E-state index contributed by atoms with van der Waals surface area (Å²) in [5.41, 5.74) is 1.16. The monoisotopic (exact) mass is 525 g/mol. The quantitative estimate of drug-likeness (QED) is 0.383. The molecule has 1 atom stereocenters. The Morgan fingerprint density at radius 3 is 2.49 bits per heavy atom. The molecule has 1 unspecified atom stereocenters. The molecule has 1 aromatic heterocycles. The van der Waals surface area contributed by atoms with Crippen molar-refractivity contribution in [3.63, 3.8) is 0 Å². The summed E-state index contributed by atoms with van der Waals surface area (Å²) in [7, 11) is 1.58. The fourth-order valence-electron chi connectivity index (χ4n) is 3.88. The smallest absolute Gasteiger partial charge is 0.251 e. The molecule has 3 aromatic rings. The molecule has 2 aromatic carbocycles. The molecule has 11 heteroatoms. The molecule has 196 valence electrons. The van der Waals surface area contributed by atoms with E-state index in [4.69, 9.17) is 14.2 Å². The Bertz CT molecular complexity index is 1240. The van der Waals surface area contributed by atoms with Gasteiger partial charge in [-0.25, -0.2) is 0 Å². The second kappa shape index (κ2) is 12.0. The number of hydrogen-bond acceptors (Lipinski definition) is 8. The fraction of sp³-hybridized carbons (Fsp3) is 0.385. The number of fused-ring (bicyclic) bond motifs is 1. The highest BCUT2D eigenvalue weighted by Crippen LogP contribution is 2.33. The number of hydrogen-bond donors (Lipinski definition) is 2. The van der Waals surface area contributed by atoms with Crippen molar-refractivity contribution in [2.75, 3.05) is 31.4 Å². The second-order valence-electron chi connectivity index (χ2n) is 8.70. The Morgan fingerprint density at radius 1 is 1.08 bits per heavy atom. The number of nitrogens with zero attached hydrogens (tertiary/aromatic N) is 3. The summed E-state index contributed by atoms with van der Waals surface area (Å²) in [4.78, 5) is 25.6. The lowest BCUT2D eigenvalue weighted by molar-refractivity contribution is -0.113. The van der Waals surface area contributed by atoms with Crippen molar-refractivity contribution in [2.45, 2.75) is 38.5 Å². The van der Waals surface area contributed by atoms with Crippen LogP contribution >= 0.6 is 11.8 Å². The Morgan fingerprint density at radius 2 is 1.81 bits per heavy atom. The number of carbonyl (C=O) groups is 2. The lowest BCUT2D eigenvalue weighted by atomic mass is 10.0. The molecular weight excluding hydrogens is 494 g/mol. The highest BCUT2D eigenvalue weighted by molar-refractivity contribution is 7.99. The number of methoxy groups -OCH3 is 1. The first-order chi connectivity index (χ1) is 17.9. The van der Waals surface area contributed by atoms with Crippen molar-refractivity contribution >= 4 is 29.3 Å². The lowest BCUT2D eigenvalue weighted by Crippen LogP contribution is -2.33. The third kappa shape index (κ3) is 6.34. The Hall–Kier alpha value is -3.73. The van der Waals surface area contributed by atoms with E-state index in [-0.39, 0.29) is 29.5 Å². The zero-order valence-electron chi connectivity index (χ0n) is 21.3. The molecule has 2 amide bonds. The van der Waals surface area contributed by atoms with Crippen LogP contribution in [0.5, 0.6) is 17.2 Å². The van der Waals surface area contributed by atoms with Crippen molar-refractivity contribution in [2.24, 2.45) is 5.92 Å². The summed E-state index contributed by atoms with van der Waals surface area (Å²) in [6.45, 7) is 7.60. The van der Waals surface area contributed by atoms with E-state index in [9.17, 15) is 9.59 Å². The third-order valence-corrected chi connectivity index (χ3v) is 6.77. The molecular formula is C26H31N5O5S. The molecule has 10 nitrogen and oxygen atoms in total. The molecule has 37 heavy (non-hydrogen) atoms. The van der Waals surface area contributed by atoms with Crippen LogP contribution in [0.2, 0.25) is 0 Å². The van der Waals surface area contributed by atoms with Crippen LogP contribution in [0.3, 0.4) is 0 Å². The molecule has 1 aliphatic heterocycles. The van der Waals surface area contributed by atoms with Gasteiger partial charge in [-0.05, 0) is 49.2 Å². The molecule has 0 radical (unpaired) electrons. The predicted molar refractivity (Wildman–Crippen MR) is 141 cm³/mol. The number of rotatable bonds is 10. The Kier molecular flexibility index (Phi) is 8.54. The molecule has 1 aliphatic rings. The van der Waals surface area contributed by atoms with Gasteiger partial charge in [-0.15, -0.1) is 10.2 Å². The lowest BCUT2D eigenvalue weighted by Gasteiger charge is -2.22. The minimum atomic E-state index is -0.358. The van der Waals surface area contributed by atoms with E-state index in [1.165, 1.54) is 11.8 Å². The van der Waals surface area contributed by atoms with Gasteiger partial charge in [0.25, 0.3) is 5.91 Å². The summed E-state index contributed by atoms with van der Waals surface area (Å²) in [5.74, 6) is 2.44. The number of aromatic nitrogens is 3. The first-order valence-corrected chi connectivity index (χ1v) is 13.1. The van der Waals surface area contributed by atoms with E-state index in [0.717, 1.165) is 0 Å². The van der Waals surface area contributed by atoms with Gasteiger partial charge in [0.15, 0.2) is 22.5 Å². The number of nitrogens with one attached hydrogen (secondary N) is 2. The van der Waals surface area contributed by atoms with Crippen molar-refractivity contribution in [3.05, 3.63) is 53.9 Å². The summed E-state index contributed by atoms with van der Waals surface area (Å²) < 4.78 is 18.2. The summed E-state index contributed by atoms with van der Waals surface area (Å²) in [6.07, 6.45) is 0.